The second kappa shape index (κ2) is 13.0. The standard InChI is InChI=1S/C20H28N4O4.HI/c1-5-22-20(24-13-16(25)15-6-8-21-9-7-15)23-12-14-10-17(26-2)19(28-4)18(11-14)27-3;/h6-11,16,25H,5,12-13H2,1-4H3,(H2,22,23,24);1H. The molecule has 0 radical (unpaired) electrons. The van der Waals surface area contributed by atoms with Crippen LogP contribution in [-0.2, 0) is 6.54 Å². The van der Waals surface area contributed by atoms with Crippen LogP contribution in [0.4, 0.5) is 0 Å². The van der Waals surface area contributed by atoms with E-state index in [1.54, 1.807) is 45.9 Å². The van der Waals surface area contributed by atoms with Gasteiger partial charge in [-0.05, 0) is 42.3 Å². The molecule has 0 saturated heterocycles. The monoisotopic (exact) mass is 516 g/mol. The molecule has 0 aliphatic rings. The molecule has 1 aromatic carbocycles. The van der Waals surface area contributed by atoms with Gasteiger partial charge in [-0.15, -0.1) is 24.0 Å². The van der Waals surface area contributed by atoms with E-state index in [9.17, 15) is 5.11 Å². The van der Waals surface area contributed by atoms with E-state index in [4.69, 9.17) is 14.2 Å². The van der Waals surface area contributed by atoms with Crippen LogP contribution in [0, 0.1) is 0 Å². The normalized spacial score (nSPS) is 11.8. The van der Waals surface area contributed by atoms with Crippen LogP contribution >= 0.6 is 24.0 Å². The van der Waals surface area contributed by atoms with E-state index in [2.05, 4.69) is 20.6 Å². The van der Waals surface area contributed by atoms with Crippen LogP contribution in [0.2, 0.25) is 0 Å². The molecule has 1 atom stereocenters. The van der Waals surface area contributed by atoms with Gasteiger partial charge in [-0.1, -0.05) is 0 Å². The minimum atomic E-state index is -0.659. The molecule has 0 aliphatic heterocycles. The van der Waals surface area contributed by atoms with Crippen LogP contribution < -0.4 is 24.8 Å². The second-order valence-corrected chi connectivity index (χ2v) is 5.91. The fourth-order valence-corrected chi connectivity index (χ4v) is 2.64. The highest BCUT2D eigenvalue weighted by Crippen LogP contribution is 2.38. The molecule has 160 valence electrons. The van der Waals surface area contributed by atoms with Gasteiger partial charge in [0, 0.05) is 25.5 Å². The summed E-state index contributed by atoms with van der Waals surface area (Å²) >= 11 is 0. The van der Waals surface area contributed by atoms with Gasteiger partial charge >= 0.3 is 0 Å². The molecule has 3 N–H and O–H groups in total. The Bertz CT molecular complexity index is 749. The van der Waals surface area contributed by atoms with Crippen LogP contribution in [0.3, 0.4) is 0 Å². The number of pyridine rings is 1. The molecule has 2 rings (SSSR count). The first-order chi connectivity index (χ1) is 13.6. The number of aliphatic hydroxyl groups is 1. The molecule has 1 heterocycles. The van der Waals surface area contributed by atoms with Crippen molar-refractivity contribution in [3.8, 4) is 17.2 Å². The van der Waals surface area contributed by atoms with Gasteiger partial charge in [0.25, 0.3) is 0 Å². The molecule has 0 saturated carbocycles. The van der Waals surface area contributed by atoms with Gasteiger partial charge in [-0.3, -0.25) is 4.98 Å². The van der Waals surface area contributed by atoms with E-state index in [-0.39, 0.29) is 24.0 Å². The number of guanidine groups is 1. The third-order valence-electron chi connectivity index (χ3n) is 4.04. The first-order valence-corrected chi connectivity index (χ1v) is 9.01. The maximum absolute atomic E-state index is 10.3. The number of benzene rings is 1. The molecule has 9 heteroatoms. The number of nitrogens with zero attached hydrogens (tertiary/aromatic N) is 2. The largest absolute Gasteiger partial charge is 0.493 e. The maximum atomic E-state index is 10.3. The molecule has 1 unspecified atom stereocenters. The number of ether oxygens (including phenoxy) is 3. The number of hydrogen-bond donors (Lipinski definition) is 3. The molecule has 2 aromatic rings. The topological polar surface area (TPSA) is 97.2 Å². The average Bonchev–Trinajstić information content (AvgIpc) is 2.75. The Morgan fingerprint density at radius 2 is 1.69 bits per heavy atom. The smallest absolute Gasteiger partial charge is 0.203 e. The number of nitrogens with one attached hydrogen (secondary N) is 2. The zero-order valence-corrected chi connectivity index (χ0v) is 19.5. The zero-order chi connectivity index (χ0) is 20.4. The summed E-state index contributed by atoms with van der Waals surface area (Å²) in [6, 6.07) is 7.29. The highest BCUT2D eigenvalue weighted by Gasteiger charge is 2.13. The number of hydrogen-bond acceptors (Lipinski definition) is 6. The van der Waals surface area contributed by atoms with E-state index in [0.29, 0.717) is 42.8 Å². The summed E-state index contributed by atoms with van der Waals surface area (Å²) in [5.41, 5.74) is 1.70. The Balaban J connectivity index is 0.00000420. The lowest BCUT2D eigenvalue weighted by molar-refractivity contribution is 0.180. The molecule has 8 nitrogen and oxygen atoms in total. The van der Waals surface area contributed by atoms with Crippen molar-refractivity contribution < 1.29 is 19.3 Å². The Kier molecular flexibility index (Phi) is 11.1. The maximum Gasteiger partial charge on any atom is 0.203 e. The number of aliphatic imine (C=N–C) groups is 1. The average molecular weight is 516 g/mol. The molecular weight excluding hydrogens is 487 g/mol. The molecule has 0 fully saturated rings. The van der Waals surface area contributed by atoms with Gasteiger partial charge in [0.2, 0.25) is 5.75 Å². The van der Waals surface area contributed by atoms with Crippen LogP contribution in [0.1, 0.15) is 24.2 Å². The van der Waals surface area contributed by atoms with Crippen molar-refractivity contribution in [2.75, 3.05) is 34.4 Å². The fourth-order valence-electron chi connectivity index (χ4n) is 2.64. The molecule has 0 aliphatic carbocycles. The predicted molar refractivity (Wildman–Crippen MR) is 124 cm³/mol. The van der Waals surface area contributed by atoms with Gasteiger partial charge in [0.05, 0.1) is 34.0 Å². The summed E-state index contributed by atoms with van der Waals surface area (Å²) in [5, 5.41) is 16.6. The van der Waals surface area contributed by atoms with Crippen molar-refractivity contribution in [3.63, 3.8) is 0 Å². The van der Waals surface area contributed by atoms with Crippen molar-refractivity contribution >= 4 is 29.9 Å². The highest BCUT2D eigenvalue weighted by atomic mass is 127. The van der Waals surface area contributed by atoms with Gasteiger partial charge in [-0.2, -0.15) is 0 Å². The molecule has 29 heavy (non-hydrogen) atoms. The van der Waals surface area contributed by atoms with Gasteiger partial charge in [0.15, 0.2) is 17.5 Å². The number of methoxy groups -OCH3 is 3. The second-order valence-electron chi connectivity index (χ2n) is 5.91. The Morgan fingerprint density at radius 1 is 1.07 bits per heavy atom. The van der Waals surface area contributed by atoms with Crippen LogP contribution in [0.25, 0.3) is 0 Å². The first-order valence-electron chi connectivity index (χ1n) is 9.01. The molecule has 0 amide bonds. The number of rotatable bonds is 9. The van der Waals surface area contributed by atoms with Crippen molar-refractivity contribution in [3.05, 3.63) is 47.8 Å². The SMILES string of the molecule is CCNC(=NCc1cc(OC)c(OC)c(OC)c1)NCC(O)c1ccncc1.I. The minimum Gasteiger partial charge on any atom is -0.493 e. The Morgan fingerprint density at radius 3 is 2.21 bits per heavy atom. The number of aromatic nitrogens is 1. The van der Waals surface area contributed by atoms with Crippen LogP contribution in [0.15, 0.2) is 41.7 Å². The van der Waals surface area contributed by atoms with Crippen molar-refractivity contribution in [1.82, 2.24) is 15.6 Å². The van der Waals surface area contributed by atoms with E-state index in [1.165, 1.54) is 0 Å². The van der Waals surface area contributed by atoms with Crippen molar-refractivity contribution in [2.45, 2.75) is 19.6 Å². The van der Waals surface area contributed by atoms with E-state index >= 15 is 0 Å². The van der Waals surface area contributed by atoms with Crippen molar-refractivity contribution in [2.24, 2.45) is 4.99 Å². The predicted octanol–water partition coefficient (Wildman–Crippen LogP) is 2.51. The summed E-state index contributed by atoms with van der Waals surface area (Å²) in [4.78, 5) is 8.53. The lowest BCUT2D eigenvalue weighted by Crippen LogP contribution is -2.39. The number of halogens is 1. The van der Waals surface area contributed by atoms with Crippen LogP contribution in [0.5, 0.6) is 17.2 Å². The summed E-state index contributed by atoms with van der Waals surface area (Å²) in [5.74, 6) is 2.31. The molecule has 0 spiro atoms. The van der Waals surface area contributed by atoms with Gasteiger partial charge in [-0.25, -0.2) is 4.99 Å². The summed E-state index contributed by atoms with van der Waals surface area (Å²) in [6.45, 7) is 3.41. The zero-order valence-electron chi connectivity index (χ0n) is 17.1. The van der Waals surface area contributed by atoms with Gasteiger partial charge < -0.3 is 30.0 Å². The fraction of sp³-hybridized carbons (Fsp3) is 0.400. The summed E-state index contributed by atoms with van der Waals surface area (Å²) < 4.78 is 16.1. The first kappa shape index (κ1) is 24.8. The molecule has 0 bridgehead atoms. The lowest BCUT2D eigenvalue weighted by atomic mass is 10.1. The minimum absolute atomic E-state index is 0. The quantitative estimate of drug-likeness (QED) is 0.268. The van der Waals surface area contributed by atoms with Crippen molar-refractivity contribution in [1.29, 1.82) is 0 Å². The molecular formula is C20H29IN4O4. The van der Waals surface area contributed by atoms with E-state index in [0.717, 1.165) is 11.1 Å². The highest BCUT2D eigenvalue weighted by molar-refractivity contribution is 14.0. The van der Waals surface area contributed by atoms with E-state index < -0.39 is 6.10 Å². The Labute approximate surface area is 188 Å². The molecule has 1 aromatic heterocycles. The third kappa shape index (κ3) is 7.24. The van der Waals surface area contributed by atoms with E-state index in [1.807, 2.05) is 19.1 Å². The summed E-state index contributed by atoms with van der Waals surface area (Å²) in [6.07, 6.45) is 2.65. The number of aliphatic hydroxyl groups excluding tert-OH is 1. The van der Waals surface area contributed by atoms with Crippen LogP contribution in [-0.4, -0.2) is 50.5 Å². The summed E-state index contributed by atoms with van der Waals surface area (Å²) in [7, 11) is 4.73. The lowest BCUT2D eigenvalue weighted by Gasteiger charge is -2.16. The Hall–Kier alpha value is -2.27. The van der Waals surface area contributed by atoms with Gasteiger partial charge in [0.1, 0.15) is 0 Å². The third-order valence-corrected chi connectivity index (χ3v) is 4.04.